The van der Waals surface area contributed by atoms with Gasteiger partial charge in [0.05, 0.1) is 5.38 Å². The molecule has 24 heavy (non-hydrogen) atoms. The number of carbonyl (C=O) groups is 1. The van der Waals surface area contributed by atoms with Crippen molar-refractivity contribution >= 4 is 28.3 Å². The fourth-order valence-corrected chi connectivity index (χ4v) is 4.59. The summed E-state index contributed by atoms with van der Waals surface area (Å²) in [5.41, 5.74) is 2.09. The molecule has 0 amide bonds. The van der Waals surface area contributed by atoms with Gasteiger partial charge in [0.15, 0.2) is 5.78 Å². The van der Waals surface area contributed by atoms with Gasteiger partial charge in [-0.2, -0.15) is 0 Å². The average molecular weight is 346 g/mol. The Morgan fingerprint density at radius 3 is 2.42 bits per heavy atom. The van der Waals surface area contributed by atoms with Crippen LogP contribution in [0.2, 0.25) is 0 Å². The SMILES string of the molecule is CCC[C@@H](Cl)Cn1cc(C(=O)C2C(C)(C)C2(C)C)c2ccccc21. The summed E-state index contributed by atoms with van der Waals surface area (Å²) in [5.74, 6) is 0.369. The molecule has 3 rings (SSSR count). The van der Waals surface area contributed by atoms with Crippen LogP contribution in [0.3, 0.4) is 0 Å². The van der Waals surface area contributed by atoms with Crippen molar-refractivity contribution in [3.63, 3.8) is 0 Å². The first kappa shape index (κ1) is 17.5. The number of nitrogens with zero attached hydrogens (tertiary/aromatic N) is 1. The van der Waals surface area contributed by atoms with E-state index in [2.05, 4.69) is 51.3 Å². The third-order valence-electron chi connectivity index (χ3n) is 6.33. The monoisotopic (exact) mass is 345 g/mol. The standard InChI is InChI=1S/C21H28ClNO/c1-6-9-14(22)12-23-13-16(15-10-7-8-11-17(15)23)18(24)19-20(2,3)21(19,4)5/h7-8,10-11,13-14,19H,6,9,12H2,1-5H3/t14-/m1/s1. The van der Waals surface area contributed by atoms with Crippen LogP contribution in [-0.2, 0) is 6.54 Å². The minimum Gasteiger partial charge on any atom is -0.345 e. The van der Waals surface area contributed by atoms with Crippen molar-refractivity contribution in [1.29, 1.82) is 0 Å². The Kier molecular flexibility index (Phi) is 4.32. The Morgan fingerprint density at radius 1 is 1.21 bits per heavy atom. The van der Waals surface area contributed by atoms with Crippen LogP contribution >= 0.6 is 11.6 Å². The number of Topliss-reactive ketones (excluding diaryl/α,β-unsaturated/α-hetero) is 1. The van der Waals surface area contributed by atoms with E-state index in [-0.39, 0.29) is 27.9 Å². The first-order chi connectivity index (χ1) is 11.2. The van der Waals surface area contributed by atoms with E-state index in [0.29, 0.717) is 0 Å². The average Bonchev–Trinajstić information content (AvgIpc) is 2.80. The molecule has 1 aliphatic rings. The predicted molar refractivity (Wildman–Crippen MR) is 102 cm³/mol. The van der Waals surface area contributed by atoms with E-state index in [1.54, 1.807) is 0 Å². The first-order valence-corrected chi connectivity index (χ1v) is 9.41. The number of hydrogen-bond acceptors (Lipinski definition) is 1. The molecule has 1 atom stereocenters. The molecule has 0 N–H and O–H groups in total. The molecule has 2 aromatic rings. The van der Waals surface area contributed by atoms with E-state index >= 15 is 0 Å². The molecule has 130 valence electrons. The van der Waals surface area contributed by atoms with Crippen LogP contribution in [0.15, 0.2) is 30.5 Å². The quantitative estimate of drug-likeness (QED) is 0.471. The minimum atomic E-state index is 0.0600. The van der Waals surface area contributed by atoms with E-state index in [0.717, 1.165) is 35.9 Å². The van der Waals surface area contributed by atoms with Gasteiger partial charge in [-0.1, -0.05) is 59.2 Å². The molecule has 1 saturated carbocycles. The van der Waals surface area contributed by atoms with Gasteiger partial charge in [0, 0.05) is 35.1 Å². The predicted octanol–water partition coefficient (Wildman–Crippen LogP) is 5.91. The van der Waals surface area contributed by atoms with Gasteiger partial charge in [0.2, 0.25) is 0 Å². The van der Waals surface area contributed by atoms with Crippen LogP contribution in [0.1, 0.15) is 57.8 Å². The number of ketones is 1. The van der Waals surface area contributed by atoms with E-state index < -0.39 is 0 Å². The number of para-hydroxylation sites is 1. The second kappa shape index (κ2) is 5.91. The van der Waals surface area contributed by atoms with Gasteiger partial charge in [-0.25, -0.2) is 0 Å². The highest BCUT2D eigenvalue weighted by Crippen LogP contribution is 2.69. The molecule has 3 heteroatoms. The highest BCUT2D eigenvalue weighted by molar-refractivity contribution is 6.20. The maximum Gasteiger partial charge on any atom is 0.169 e. The first-order valence-electron chi connectivity index (χ1n) is 8.98. The number of halogens is 1. The van der Waals surface area contributed by atoms with E-state index in [1.807, 2.05) is 18.3 Å². The summed E-state index contributed by atoms with van der Waals surface area (Å²) in [4.78, 5) is 13.2. The van der Waals surface area contributed by atoms with Crippen molar-refractivity contribution in [2.45, 2.75) is 59.4 Å². The molecule has 1 heterocycles. The molecule has 0 bridgehead atoms. The lowest BCUT2D eigenvalue weighted by Gasteiger charge is -2.10. The number of alkyl halides is 1. The van der Waals surface area contributed by atoms with Crippen molar-refractivity contribution in [3.8, 4) is 0 Å². The second-order valence-corrected chi connectivity index (χ2v) is 8.96. The molecule has 0 radical (unpaired) electrons. The maximum atomic E-state index is 13.2. The van der Waals surface area contributed by atoms with Crippen LogP contribution in [-0.4, -0.2) is 15.7 Å². The van der Waals surface area contributed by atoms with Gasteiger partial charge in [-0.15, -0.1) is 11.6 Å². The van der Waals surface area contributed by atoms with Gasteiger partial charge in [-0.05, 0) is 23.3 Å². The lowest BCUT2D eigenvalue weighted by molar-refractivity contribution is 0.0946. The van der Waals surface area contributed by atoms with Crippen molar-refractivity contribution in [2.75, 3.05) is 0 Å². The van der Waals surface area contributed by atoms with Crippen LogP contribution in [0.5, 0.6) is 0 Å². The summed E-state index contributed by atoms with van der Waals surface area (Å²) in [5, 5.41) is 1.16. The minimum absolute atomic E-state index is 0.0600. The van der Waals surface area contributed by atoms with Crippen molar-refractivity contribution in [3.05, 3.63) is 36.0 Å². The second-order valence-electron chi connectivity index (χ2n) is 8.34. The van der Waals surface area contributed by atoms with E-state index in [1.165, 1.54) is 0 Å². The Balaban J connectivity index is 1.99. The zero-order valence-electron chi connectivity index (χ0n) is 15.4. The third-order valence-corrected chi connectivity index (χ3v) is 6.69. The zero-order chi connectivity index (χ0) is 17.7. The summed E-state index contributed by atoms with van der Waals surface area (Å²) >= 11 is 6.46. The summed E-state index contributed by atoms with van der Waals surface area (Å²) in [6, 6.07) is 8.19. The van der Waals surface area contributed by atoms with Gasteiger partial charge in [-0.3, -0.25) is 4.79 Å². The highest BCUT2D eigenvalue weighted by atomic mass is 35.5. The van der Waals surface area contributed by atoms with Crippen LogP contribution in [0.25, 0.3) is 10.9 Å². The summed E-state index contributed by atoms with van der Waals surface area (Å²) in [7, 11) is 0. The van der Waals surface area contributed by atoms with Gasteiger partial charge in [0.25, 0.3) is 0 Å². The lowest BCUT2D eigenvalue weighted by atomic mass is 10.0. The van der Waals surface area contributed by atoms with E-state index in [9.17, 15) is 4.79 Å². The van der Waals surface area contributed by atoms with Crippen molar-refractivity contribution in [2.24, 2.45) is 16.7 Å². The molecule has 0 unspecified atom stereocenters. The van der Waals surface area contributed by atoms with Crippen LogP contribution < -0.4 is 0 Å². The van der Waals surface area contributed by atoms with Gasteiger partial charge in [0.1, 0.15) is 0 Å². The van der Waals surface area contributed by atoms with Crippen molar-refractivity contribution < 1.29 is 4.79 Å². The number of rotatable bonds is 6. The fourth-order valence-electron chi connectivity index (χ4n) is 4.22. The summed E-state index contributed by atoms with van der Waals surface area (Å²) < 4.78 is 2.16. The Labute approximate surface area is 150 Å². The lowest BCUT2D eigenvalue weighted by Crippen LogP contribution is -2.10. The van der Waals surface area contributed by atoms with Gasteiger partial charge >= 0.3 is 0 Å². The topological polar surface area (TPSA) is 22.0 Å². The Bertz CT molecular complexity index is 757. The molecule has 0 aliphatic heterocycles. The molecule has 2 nitrogen and oxygen atoms in total. The van der Waals surface area contributed by atoms with E-state index in [4.69, 9.17) is 11.6 Å². The Hall–Kier alpha value is -1.28. The molecule has 0 saturated heterocycles. The molecular formula is C21H28ClNO. The number of benzene rings is 1. The fraction of sp³-hybridized carbons (Fsp3) is 0.571. The van der Waals surface area contributed by atoms with Crippen LogP contribution in [0, 0.1) is 16.7 Å². The van der Waals surface area contributed by atoms with Crippen LogP contribution in [0.4, 0.5) is 0 Å². The number of hydrogen-bond donors (Lipinski definition) is 0. The molecule has 1 aromatic heterocycles. The number of fused-ring (bicyclic) bond motifs is 1. The third kappa shape index (κ3) is 2.60. The molecule has 1 aromatic carbocycles. The molecule has 1 aliphatic carbocycles. The van der Waals surface area contributed by atoms with Gasteiger partial charge < -0.3 is 4.57 Å². The molecule has 1 fully saturated rings. The molecular weight excluding hydrogens is 318 g/mol. The normalized spacial score (nSPS) is 20.2. The smallest absolute Gasteiger partial charge is 0.169 e. The summed E-state index contributed by atoms with van der Waals surface area (Å²) in [6.07, 6.45) is 4.09. The summed E-state index contributed by atoms with van der Waals surface area (Å²) in [6.45, 7) is 11.7. The van der Waals surface area contributed by atoms with Crippen molar-refractivity contribution in [1.82, 2.24) is 4.57 Å². The number of carbonyl (C=O) groups excluding carboxylic acids is 1. The number of aromatic nitrogens is 1. The largest absolute Gasteiger partial charge is 0.345 e. The zero-order valence-corrected chi connectivity index (χ0v) is 16.2. The molecule has 0 spiro atoms. The maximum absolute atomic E-state index is 13.2. The highest BCUT2D eigenvalue weighted by Gasteiger charge is 2.68. The Morgan fingerprint density at radius 2 is 1.83 bits per heavy atom.